The predicted molar refractivity (Wildman–Crippen MR) is 227 cm³/mol. The molecule has 4 heteroatoms. The van der Waals surface area contributed by atoms with E-state index >= 15 is 0 Å². The Balaban J connectivity index is 1.22. The molecule has 1 aliphatic carbocycles. The molecule has 0 radical (unpaired) electrons. The summed E-state index contributed by atoms with van der Waals surface area (Å²) in [7, 11) is 5.79. The minimum atomic E-state index is -0.0399. The molecule has 0 aromatic heterocycles. The molecule has 5 aromatic rings. The SMILES string of the molecule is CCCCC1(CCCC)c2cc(C#Cc3ccc(N(C)C)cc3)ccc2-c2ccc(C#Cc3ccc(N(CC)CCOc4ccc(OC)cc4)cc3)cc21. The first kappa shape index (κ1) is 38.2. The Hall–Kier alpha value is -5.58. The van der Waals surface area contributed by atoms with Crippen LogP contribution in [0.1, 0.15) is 92.7 Å². The van der Waals surface area contributed by atoms with Gasteiger partial charge in [0.05, 0.1) is 13.7 Å². The lowest BCUT2D eigenvalue weighted by molar-refractivity contribution is 0.323. The highest BCUT2D eigenvalue weighted by Crippen LogP contribution is 2.54. The second kappa shape index (κ2) is 18.0. The van der Waals surface area contributed by atoms with Crippen LogP contribution in [-0.4, -0.2) is 40.9 Å². The highest BCUT2D eigenvalue weighted by Gasteiger charge is 2.42. The molecule has 276 valence electrons. The van der Waals surface area contributed by atoms with Gasteiger partial charge in [-0.1, -0.05) is 75.3 Å². The third-order valence-corrected chi connectivity index (χ3v) is 10.7. The van der Waals surface area contributed by atoms with Crippen molar-refractivity contribution in [3.63, 3.8) is 0 Å². The topological polar surface area (TPSA) is 24.9 Å². The van der Waals surface area contributed by atoms with Gasteiger partial charge < -0.3 is 19.3 Å². The maximum Gasteiger partial charge on any atom is 0.119 e. The fraction of sp³-hybridized carbons (Fsp3) is 0.320. The average molecular weight is 715 g/mol. The lowest BCUT2D eigenvalue weighted by atomic mass is 9.70. The molecule has 0 N–H and O–H groups in total. The number of hydrogen-bond donors (Lipinski definition) is 0. The Morgan fingerprint density at radius 3 is 1.48 bits per heavy atom. The molecule has 0 fully saturated rings. The summed E-state index contributed by atoms with van der Waals surface area (Å²) in [4.78, 5) is 4.44. The first-order valence-electron chi connectivity index (χ1n) is 19.6. The van der Waals surface area contributed by atoms with E-state index in [-0.39, 0.29) is 5.41 Å². The molecule has 0 atom stereocenters. The molecule has 0 spiro atoms. The van der Waals surface area contributed by atoms with Crippen molar-refractivity contribution < 1.29 is 9.47 Å². The predicted octanol–water partition coefficient (Wildman–Crippen LogP) is 11.1. The molecule has 5 aromatic carbocycles. The van der Waals surface area contributed by atoms with E-state index in [1.54, 1.807) is 7.11 Å². The summed E-state index contributed by atoms with van der Waals surface area (Å²) >= 11 is 0. The van der Waals surface area contributed by atoms with Gasteiger partial charge in [0.15, 0.2) is 0 Å². The second-order valence-corrected chi connectivity index (χ2v) is 14.4. The van der Waals surface area contributed by atoms with Crippen LogP contribution >= 0.6 is 0 Å². The summed E-state index contributed by atoms with van der Waals surface area (Å²) in [6.07, 6.45) is 6.96. The van der Waals surface area contributed by atoms with Gasteiger partial charge in [0.25, 0.3) is 0 Å². The summed E-state index contributed by atoms with van der Waals surface area (Å²) in [6, 6.07) is 38.6. The summed E-state index contributed by atoms with van der Waals surface area (Å²) in [5, 5.41) is 0. The first-order valence-corrected chi connectivity index (χ1v) is 19.6. The van der Waals surface area contributed by atoms with E-state index in [0.29, 0.717) is 6.61 Å². The number of fused-ring (bicyclic) bond motifs is 3. The van der Waals surface area contributed by atoms with Crippen LogP contribution in [-0.2, 0) is 5.41 Å². The quantitative estimate of drug-likeness (QED) is 0.107. The average Bonchev–Trinajstić information content (AvgIpc) is 3.47. The second-order valence-electron chi connectivity index (χ2n) is 14.4. The molecule has 6 rings (SSSR count). The van der Waals surface area contributed by atoms with E-state index in [9.17, 15) is 0 Å². The lowest BCUT2D eigenvalue weighted by Gasteiger charge is -2.33. The molecular weight excluding hydrogens is 661 g/mol. The van der Waals surface area contributed by atoms with Crippen molar-refractivity contribution >= 4 is 11.4 Å². The van der Waals surface area contributed by atoms with Crippen LogP contribution < -0.4 is 19.3 Å². The number of anilines is 2. The molecule has 0 saturated heterocycles. The Kier molecular flexibility index (Phi) is 12.7. The van der Waals surface area contributed by atoms with Gasteiger partial charge >= 0.3 is 0 Å². The van der Waals surface area contributed by atoms with Crippen molar-refractivity contribution in [2.24, 2.45) is 0 Å². The third-order valence-electron chi connectivity index (χ3n) is 10.7. The van der Waals surface area contributed by atoms with Gasteiger partial charge in [-0.25, -0.2) is 0 Å². The van der Waals surface area contributed by atoms with Crippen LogP contribution in [0.3, 0.4) is 0 Å². The molecule has 0 aliphatic heterocycles. The fourth-order valence-corrected chi connectivity index (χ4v) is 7.57. The maximum absolute atomic E-state index is 6.00. The van der Waals surface area contributed by atoms with E-state index < -0.39 is 0 Å². The van der Waals surface area contributed by atoms with E-state index in [1.807, 2.05) is 24.3 Å². The molecule has 54 heavy (non-hydrogen) atoms. The normalized spacial score (nSPS) is 12.0. The highest BCUT2D eigenvalue weighted by molar-refractivity contribution is 5.82. The van der Waals surface area contributed by atoms with E-state index in [1.165, 1.54) is 59.3 Å². The third kappa shape index (κ3) is 8.78. The zero-order valence-electron chi connectivity index (χ0n) is 33.0. The Morgan fingerprint density at radius 2 is 1.02 bits per heavy atom. The largest absolute Gasteiger partial charge is 0.497 e. The van der Waals surface area contributed by atoms with Gasteiger partial charge in [0, 0.05) is 59.7 Å². The van der Waals surface area contributed by atoms with E-state index in [0.717, 1.165) is 59.7 Å². The molecule has 1 aliphatic rings. The molecule has 0 unspecified atom stereocenters. The molecule has 0 amide bonds. The number of benzene rings is 5. The van der Waals surface area contributed by atoms with Gasteiger partial charge in [0.2, 0.25) is 0 Å². The van der Waals surface area contributed by atoms with E-state index in [2.05, 4.69) is 153 Å². The van der Waals surface area contributed by atoms with Crippen molar-refractivity contribution in [2.45, 2.75) is 64.7 Å². The Morgan fingerprint density at radius 1 is 0.556 bits per heavy atom. The lowest BCUT2D eigenvalue weighted by Crippen LogP contribution is -2.28. The first-order chi connectivity index (χ1) is 26.4. The molecular formula is C50H54N2O2. The van der Waals surface area contributed by atoms with Gasteiger partial charge in [-0.2, -0.15) is 0 Å². The van der Waals surface area contributed by atoms with Gasteiger partial charge in [0.1, 0.15) is 18.1 Å². The van der Waals surface area contributed by atoms with Crippen LogP contribution in [0, 0.1) is 23.7 Å². The molecule has 0 heterocycles. The highest BCUT2D eigenvalue weighted by atomic mass is 16.5. The molecule has 0 bridgehead atoms. The number of ether oxygens (including phenoxy) is 2. The number of methoxy groups -OCH3 is 1. The van der Waals surface area contributed by atoms with Crippen LogP contribution in [0.25, 0.3) is 11.1 Å². The fourth-order valence-electron chi connectivity index (χ4n) is 7.57. The smallest absolute Gasteiger partial charge is 0.119 e. The summed E-state index contributed by atoms with van der Waals surface area (Å²) in [6.45, 7) is 9.07. The van der Waals surface area contributed by atoms with Crippen LogP contribution in [0.4, 0.5) is 11.4 Å². The number of likely N-dealkylation sites (N-methyl/N-ethyl adjacent to an activating group) is 1. The van der Waals surface area contributed by atoms with Gasteiger partial charge in [-0.15, -0.1) is 0 Å². The monoisotopic (exact) mass is 714 g/mol. The van der Waals surface area contributed by atoms with Crippen LogP contribution in [0.15, 0.2) is 109 Å². The van der Waals surface area contributed by atoms with Crippen LogP contribution in [0.5, 0.6) is 11.5 Å². The minimum Gasteiger partial charge on any atom is -0.497 e. The van der Waals surface area contributed by atoms with Crippen molar-refractivity contribution in [1.82, 2.24) is 0 Å². The summed E-state index contributed by atoms with van der Waals surface area (Å²) < 4.78 is 11.2. The van der Waals surface area contributed by atoms with Crippen molar-refractivity contribution in [3.8, 4) is 46.3 Å². The number of nitrogens with zero attached hydrogens (tertiary/aromatic N) is 2. The minimum absolute atomic E-state index is 0.0399. The number of hydrogen-bond acceptors (Lipinski definition) is 4. The molecule has 0 saturated carbocycles. The zero-order valence-corrected chi connectivity index (χ0v) is 33.0. The van der Waals surface area contributed by atoms with Crippen molar-refractivity contribution in [3.05, 3.63) is 143 Å². The molecule has 4 nitrogen and oxygen atoms in total. The standard InChI is InChI=1S/C50H54N2O2/c1-7-10-32-50(33-11-8-2)48-36-40(14-12-38-16-22-42(23-17-38)51(4)5)20-30-46(48)47-31-21-41(37-49(47)50)15-13-39-18-24-43(25-19-39)52(9-3)34-35-54-45-28-26-44(53-6)27-29-45/h16-31,36-37H,7-11,32-35H2,1-6H3. The maximum atomic E-state index is 6.00. The summed E-state index contributed by atoms with van der Waals surface area (Å²) in [5.74, 6) is 15.6. The van der Waals surface area contributed by atoms with Crippen LogP contribution in [0.2, 0.25) is 0 Å². The van der Waals surface area contributed by atoms with Crippen molar-refractivity contribution in [1.29, 1.82) is 0 Å². The van der Waals surface area contributed by atoms with Crippen molar-refractivity contribution in [2.75, 3.05) is 50.7 Å². The Bertz CT molecular complexity index is 2120. The number of rotatable bonds is 14. The van der Waals surface area contributed by atoms with Gasteiger partial charge in [-0.05, 0) is 139 Å². The Labute approximate surface area is 324 Å². The van der Waals surface area contributed by atoms with Gasteiger partial charge in [-0.3, -0.25) is 0 Å². The van der Waals surface area contributed by atoms with E-state index in [4.69, 9.17) is 9.47 Å². The number of unbranched alkanes of at least 4 members (excludes halogenated alkanes) is 2. The summed E-state index contributed by atoms with van der Waals surface area (Å²) in [5.41, 5.74) is 12.1. The zero-order chi connectivity index (χ0) is 37.9.